The van der Waals surface area contributed by atoms with Gasteiger partial charge in [0, 0.05) is 11.4 Å². The molecule has 0 fully saturated rings. The average Bonchev–Trinajstić information content (AvgIpc) is 2.12. The quantitative estimate of drug-likeness (QED) is 0.890. The Morgan fingerprint density at radius 2 is 2.12 bits per heavy atom. The molecule has 0 aliphatic heterocycles. The normalized spacial score (nSPS) is 11.1. The summed E-state index contributed by atoms with van der Waals surface area (Å²) in [4.78, 5) is 11.2. The van der Waals surface area contributed by atoms with Gasteiger partial charge >= 0.3 is 0 Å². The van der Waals surface area contributed by atoms with Crippen LogP contribution in [0.5, 0.6) is 0 Å². The SMILES string of the molecule is CS(=O)(=O)NC(=O)CCc1cccc(Cl)c1. The third kappa shape index (κ3) is 5.14. The van der Waals surface area contributed by atoms with Crippen molar-refractivity contribution in [2.75, 3.05) is 6.26 Å². The number of aryl methyl sites for hydroxylation is 1. The standard InChI is InChI=1S/C10H12ClNO3S/c1-16(14,15)12-10(13)6-5-8-3-2-4-9(11)7-8/h2-4,7H,5-6H2,1H3,(H,12,13). The minimum atomic E-state index is -3.46. The van der Waals surface area contributed by atoms with Crippen LogP contribution in [0.2, 0.25) is 5.02 Å². The van der Waals surface area contributed by atoms with E-state index in [1.165, 1.54) is 0 Å². The van der Waals surface area contributed by atoms with Crippen LogP contribution in [0.4, 0.5) is 0 Å². The molecule has 0 saturated heterocycles. The highest BCUT2D eigenvalue weighted by Crippen LogP contribution is 2.11. The van der Waals surface area contributed by atoms with Crippen molar-refractivity contribution in [3.05, 3.63) is 34.9 Å². The summed E-state index contributed by atoms with van der Waals surface area (Å²) in [5, 5.41) is 0.598. The van der Waals surface area contributed by atoms with Crippen molar-refractivity contribution in [3.8, 4) is 0 Å². The summed E-state index contributed by atoms with van der Waals surface area (Å²) in [6.45, 7) is 0. The molecule has 1 amide bonds. The molecule has 4 nitrogen and oxygen atoms in total. The minimum Gasteiger partial charge on any atom is -0.274 e. The van der Waals surface area contributed by atoms with E-state index in [0.29, 0.717) is 11.4 Å². The fourth-order valence-electron chi connectivity index (χ4n) is 1.21. The Labute approximate surface area is 99.7 Å². The topological polar surface area (TPSA) is 63.2 Å². The van der Waals surface area contributed by atoms with Gasteiger partial charge in [-0.2, -0.15) is 0 Å². The second kappa shape index (κ2) is 5.32. The largest absolute Gasteiger partial charge is 0.274 e. The number of amides is 1. The van der Waals surface area contributed by atoms with Crippen LogP contribution in [0.3, 0.4) is 0 Å². The zero-order chi connectivity index (χ0) is 12.2. The summed E-state index contributed by atoms with van der Waals surface area (Å²) in [6, 6.07) is 7.10. The molecule has 0 atom stereocenters. The molecule has 16 heavy (non-hydrogen) atoms. The van der Waals surface area contributed by atoms with E-state index in [2.05, 4.69) is 0 Å². The summed E-state index contributed by atoms with van der Waals surface area (Å²) in [5.74, 6) is -0.512. The predicted octanol–water partition coefficient (Wildman–Crippen LogP) is 1.35. The van der Waals surface area contributed by atoms with E-state index in [-0.39, 0.29) is 6.42 Å². The molecule has 0 saturated carbocycles. The molecular weight excluding hydrogens is 250 g/mol. The van der Waals surface area contributed by atoms with Crippen LogP contribution in [-0.2, 0) is 21.2 Å². The van der Waals surface area contributed by atoms with Crippen LogP contribution in [0, 0.1) is 0 Å². The number of rotatable bonds is 4. The van der Waals surface area contributed by atoms with Crippen LogP contribution in [-0.4, -0.2) is 20.6 Å². The van der Waals surface area contributed by atoms with Gasteiger partial charge < -0.3 is 0 Å². The average molecular weight is 262 g/mol. The van der Waals surface area contributed by atoms with Crippen molar-refractivity contribution in [3.63, 3.8) is 0 Å². The van der Waals surface area contributed by atoms with Gasteiger partial charge in [-0.1, -0.05) is 23.7 Å². The van der Waals surface area contributed by atoms with Crippen molar-refractivity contribution in [1.29, 1.82) is 0 Å². The number of carbonyl (C=O) groups is 1. The lowest BCUT2D eigenvalue weighted by molar-refractivity contribution is -0.119. The van der Waals surface area contributed by atoms with Crippen molar-refractivity contribution < 1.29 is 13.2 Å². The van der Waals surface area contributed by atoms with Crippen molar-refractivity contribution in [2.45, 2.75) is 12.8 Å². The number of sulfonamides is 1. The second-order valence-electron chi connectivity index (χ2n) is 3.43. The number of benzene rings is 1. The van der Waals surface area contributed by atoms with Crippen molar-refractivity contribution in [2.24, 2.45) is 0 Å². The zero-order valence-electron chi connectivity index (χ0n) is 8.73. The van der Waals surface area contributed by atoms with Gasteiger partial charge in [-0.3, -0.25) is 9.52 Å². The summed E-state index contributed by atoms with van der Waals surface area (Å²) in [7, 11) is -3.46. The molecule has 1 N–H and O–H groups in total. The van der Waals surface area contributed by atoms with Gasteiger partial charge in [0.05, 0.1) is 6.26 Å². The van der Waals surface area contributed by atoms with Crippen LogP contribution in [0.15, 0.2) is 24.3 Å². The van der Waals surface area contributed by atoms with E-state index in [9.17, 15) is 13.2 Å². The molecule has 0 radical (unpaired) electrons. The predicted molar refractivity (Wildman–Crippen MR) is 62.8 cm³/mol. The molecule has 1 rings (SSSR count). The summed E-state index contributed by atoms with van der Waals surface area (Å²) in [6.07, 6.45) is 1.53. The van der Waals surface area contributed by atoms with Gasteiger partial charge in [0.15, 0.2) is 0 Å². The fraction of sp³-hybridized carbons (Fsp3) is 0.300. The van der Waals surface area contributed by atoms with Crippen LogP contribution in [0.25, 0.3) is 0 Å². The Hall–Kier alpha value is -1.07. The molecule has 0 bridgehead atoms. The highest BCUT2D eigenvalue weighted by Gasteiger charge is 2.08. The van der Waals surface area contributed by atoms with Crippen molar-refractivity contribution in [1.82, 2.24) is 4.72 Å². The van der Waals surface area contributed by atoms with E-state index in [0.717, 1.165) is 11.8 Å². The van der Waals surface area contributed by atoms with E-state index in [1.54, 1.807) is 18.2 Å². The molecule has 88 valence electrons. The van der Waals surface area contributed by atoms with Gasteiger partial charge in [0.2, 0.25) is 15.9 Å². The first-order valence-electron chi connectivity index (χ1n) is 4.62. The highest BCUT2D eigenvalue weighted by molar-refractivity contribution is 7.89. The summed E-state index contributed by atoms with van der Waals surface area (Å²) < 4.78 is 23.4. The first kappa shape index (κ1) is 13.0. The molecule has 0 heterocycles. The highest BCUT2D eigenvalue weighted by atomic mass is 35.5. The maximum atomic E-state index is 11.2. The van der Waals surface area contributed by atoms with Crippen LogP contribution < -0.4 is 4.72 Å². The number of hydrogen-bond donors (Lipinski definition) is 1. The second-order valence-corrected chi connectivity index (χ2v) is 5.61. The molecular formula is C10H12ClNO3S. The van der Waals surface area contributed by atoms with Gasteiger partial charge in [-0.15, -0.1) is 0 Å². The summed E-state index contributed by atoms with van der Waals surface area (Å²) >= 11 is 5.77. The van der Waals surface area contributed by atoms with E-state index >= 15 is 0 Å². The Balaban J connectivity index is 2.49. The molecule has 0 unspecified atom stereocenters. The van der Waals surface area contributed by atoms with E-state index in [4.69, 9.17) is 11.6 Å². The van der Waals surface area contributed by atoms with Gasteiger partial charge in [-0.05, 0) is 24.1 Å². The number of nitrogens with one attached hydrogen (secondary N) is 1. The fourth-order valence-corrected chi connectivity index (χ4v) is 1.94. The molecule has 0 aliphatic rings. The summed E-state index contributed by atoms with van der Waals surface area (Å²) in [5.41, 5.74) is 0.899. The third-order valence-electron chi connectivity index (χ3n) is 1.83. The maximum Gasteiger partial charge on any atom is 0.233 e. The third-order valence-corrected chi connectivity index (χ3v) is 2.66. The van der Waals surface area contributed by atoms with Gasteiger partial charge in [0.1, 0.15) is 0 Å². The van der Waals surface area contributed by atoms with E-state index < -0.39 is 15.9 Å². The number of hydrogen-bond acceptors (Lipinski definition) is 3. The molecule has 1 aromatic rings. The minimum absolute atomic E-state index is 0.118. The maximum absolute atomic E-state index is 11.2. The Morgan fingerprint density at radius 3 is 2.69 bits per heavy atom. The Kier molecular flexibility index (Phi) is 4.32. The Bertz CT molecular complexity index is 485. The lowest BCUT2D eigenvalue weighted by Gasteiger charge is -2.03. The first-order valence-corrected chi connectivity index (χ1v) is 6.89. The Morgan fingerprint density at radius 1 is 1.44 bits per heavy atom. The smallest absolute Gasteiger partial charge is 0.233 e. The molecule has 1 aromatic carbocycles. The lowest BCUT2D eigenvalue weighted by Crippen LogP contribution is -2.29. The molecule has 0 spiro atoms. The van der Waals surface area contributed by atoms with Gasteiger partial charge in [-0.25, -0.2) is 8.42 Å². The van der Waals surface area contributed by atoms with E-state index in [1.807, 2.05) is 10.8 Å². The lowest BCUT2D eigenvalue weighted by atomic mass is 10.1. The van der Waals surface area contributed by atoms with Crippen molar-refractivity contribution >= 4 is 27.5 Å². The number of carbonyl (C=O) groups excluding carboxylic acids is 1. The van der Waals surface area contributed by atoms with Gasteiger partial charge in [0.25, 0.3) is 0 Å². The van der Waals surface area contributed by atoms with Crippen LogP contribution >= 0.6 is 11.6 Å². The van der Waals surface area contributed by atoms with Crippen LogP contribution in [0.1, 0.15) is 12.0 Å². The number of halogens is 1. The monoisotopic (exact) mass is 261 g/mol. The first-order chi connectivity index (χ1) is 7.37. The molecule has 0 aliphatic carbocycles. The zero-order valence-corrected chi connectivity index (χ0v) is 10.3. The molecule has 0 aromatic heterocycles. The molecule has 6 heteroatoms.